The van der Waals surface area contributed by atoms with Crippen LogP contribution < -0.4 is 15.9 Å². The minimum absolute atomic E-state index is 0.00328. The molecule has 4 N–H and O–H groups in total. The quantitative estimate of drug-likeness (QED) is 0.230. The third-order valence-corrected chi connectivity index (χ3v) is 8.07. The van der Waals surface area contributed by atoms with E-state index in [1.54, 1.807) is 11.3 Å². The SMILES string of the molecule is Cc1ccc(CCCOc2ccc3c(=O)c4cc(CCC(N)(CO)CO)ccc4sc3c2)s1. The van der Waals surface area contributed by atoms with Crippen molar-refractivity contribution in [3.8, 4) is 5.75 Å². The molecule has 0 aliphatic heterocycles. The number of rotatable bonds is 10. The Labute approximate surface area is 201 Å². The van der Waals surface area contributed by atoms with Crippen LogP contribution in [-0.4, -0.2) is 35.6 Å². The standard InChI is InChI=1S/C26H29NO4S2/c1-17-4-7-20(32-17)3-2-12-31-19-6-8-21-24(14-19)33-23-9-5-18(13-22(23)25(21)30)10-11-26(27,15-28)16-29/h4-9,13-14,28-29H,2-3,10-12,15-16,27H2,1H3. The van der Waals surface area contributed by atoms with Crippen LogP contribution in [0, 0.1) is 6.92 Å². The fourth-order valence-corrected chi connectivity index (χ4v) is 5.80. The summed E-state index contributed by atoms with van der Waals surface area (Å²) in [6.07, 6.45) is 2.97. The second-order valence-electron chi connectivity index (χ2n) is 8.56. The maximum atomic E-state index is 13.1. The zero-order valence-corrected chi connectivity index (χ0v) is 20.3. The Hall–Kier alpha value is -2.29. The molecule has 2 aromatic heterocycles. The van der Waals surface area contributed by atoms with Crippen LogP contribution in [0.5, 0.6) is 5.75 Å². The molecule has 0 saturated carbocycles. The Bertz CT molecular complexity index is 1310. The Morgan fingerprint density at radius 3 is 2.48 bits per heavy atom. The maximum Gasteiger partial charge on any atom is 0.195 e. The monoisotopic (exact) mass is 483 g/mol. The minimum Gasteiger partial charge on any atom is -0.494 e. The molecule has 5 nitrogen and oxygen atoms in total. The Morgan fingerprint density at radius 1 is 0.939 bits per heavy atom. The van der Waals surface area contributed by atoms with E-state index in [1.165, 1.54) is 9.75 Å². The lowest BCUT2D eigenvalue weighted by molar-refractivity contribution is 0.115. The number of aliphatic hydroxyl groups excluding tert-OH is 2. The fraction of sp³-hybridized carbons (Fsp3) is 0.346. The molecular weight excluding hydrogens is 454 g/mol. The highest BCUT2D eigenvalue weighted by atomic mass is 32.1. The highest BCUT2D eigenvalue weighted by Crippen LogP contribution is 2.29. The fourth-order valence-electron chi connectivity index (χ4n) is 3.78. The summed E-state index contributed by atoms with van der Waals surface area (Å²) in [5.41, 5.74) is 5.93. The highest BCUT2D eigenvalue weighted by Gasteiger charge is 2.22. The third kappa shape index (κ3) is 5.62. The van der Waals surface area contributed by atoms with Crippen molar-refractivity contribution in [2.45, 2.75) is 38.1 Å². The molecule has 7 heteroatoms. The van der Waals surface area contributed by atoms with Crippen molar-refractivity contribution in [2.24, 2.45) is 5.73 Å². The molecule has 4 rings (SSSR count). The van der Waals surface area contributed by atoms with Gasteiger partial charge in [0.2, 0.25) is 0 Å². The Morgan fingerprint density at radius 2 is 1.76 bits per heavy atom. The van der Waals surface area contributed by atoms with Gasteiger partial charge in [-0.25, -0.2) is 0 Å². The van der Waals surface area contributed by atoms with Crippen LogP contribution in [0.15, 0.2) is 53.3 Å². The number of fused-ring (bicyclic) bond motifs is 2. The van der Waals surface area contributed by atoms with Crippen LogP contribution >= 0.6 is 22.7 Å². The van der Waals surface area contributed by atoms with E-state index in [0.29, 0.717) is 30.2 Å². The normalized spacial score (nSPS) is 12.0. The molecule has 2 aromatic carbocycles. The van der Waals surface area contributed by atoms with E-state index in [2.05, 4.69) is 19.1 Å². The zero-order valence-electron chi connectivity index (χ0n) is 18.7. The molecule has 0 atom stereocenters. The van der Waals surface area contributed by atoms with E-state index in [0.717, 1.165) is 33.6 Å². The minimum atomic E-state index is -1.01. The molecule has 0 aliphatic rings. The molecule has 0 amide bonds. The summed E-state index contributed by atoms with van der Waals surface area (Å²) in [5, 5.41) is 20.2. The summed E-state index contributed by atoms with van der Waals surface area (Å²) < 4.78 is 7.79. The van der Waals surface area contributed by atoms with Gasteiger partial charge in [0.05, 0.1) is 25.4 Å². The number of nitrogens with two attached hydrogens (primary N) is 1. The van der Waals surface area contributed by atoms with E-state index in [1.807, 2.05) is 47.7 Å². The van der Waals surface area contributed by atoms with Gasteiger partial charge in [0.25, 0.3) is 0 Å². The lowest BCUT2D eigenvalue weighted by Crippen LogP contribution is -2.47. The highest BCUT2D eigenvalue weighted by molar-refractivity contribution is 7.24. The van der Waals surface area contributed by atoms with Crippen molar-refractivity contribution in [1.29, 1.82) is 0 Å². The smallest absolute Gasteiger partial charge is 0.195 e. The van der Waals surface area contributed by atoms with E-state index in [-0.39, 0.29) is 18.6 Å². The van der Waals surface area contributed by atoms with E-state index >= 15 is 0 Å². The molecule has 4 aromatic rings. The topological polar surface area (TPSA) is 92.8 Å². The van der Waals surface area contributed by atoms with Gasteiger partial charge in [-0.15, -0.1) is 22.7 Å². The van der Waals surface area contributed by atoms with Crippen LogP contribution in [0.1, 0.15) is 28.2 Å². The number of aryl methyl sites for hydroxylation is 3. The first-order valence-corrected chi connectivity index (χ1v) is 12.7. The van der Waals surface area contributed by atoms with Gasteiger partial charge in [0.1, 0.15) is 5.75 Å². The Kier molecular flexibility index (Phi) is 7.46. The predicted octanol–water partition coefficient (Wildman–Crippen LogP) is 4.41. The van der Waals surface area contributed by atoms with E-state index in [4.69, 9.17) is 10.5 Å². The van der Waals surface area contributed by atoms with Crippen LogP contribution in [0.4, 0.5) is 0 Å². The summed E-state index contributed by atoms with van der Waals surface area (Å²) in [4.78, 5) is 15.9. The van der Waals surface area contributed by atoms with Crippen molar-refractivity contribution in [3.05, 3.63) is 74.1 Å². The number of hydrogen-bond acceptors (Lipinski definition) is 7. The summed E-state index contributed by atoms with van der Waals surface area (Å²) >= 11 is 3.41. The molecule has 0 saturated heterocycles. The first-order chi connectivity index (χ1) is 15.9. The molecule has 0 spiro atoms. The van der Waals surface area contributed by atoms with Gasteiger partial charge in [-0.05, 0) is 80.6 Å². The lowest BCUT2D eigenvalue weighted by atomic mass is 9.93. The third-order valence-electron chi connectivity index (χ3n) is 5.88. The number of aliphatic hydroxyl groups is 2. The second kappa shape index (κ2) is 10.3. The second-order valence-corrected chi connectivity index (χ2v) is 11.0. The van der Waals surface area contributed by atoms with E-state index < -0.39 is 5.54 Å². The summed E-state index contributed by atoms with van der Waals surface area (Å²) in [7, 11) is 0. The molecule has 0 bridgehead atoms. The lowest BCUT2D eigenvalue weighted by Gasteiger charge is -2.24. The number of hydrogen-bond donors (Lipinski definition) is 3. The molecular formula is C26H29NO4S2. The largest absolute Gasteiger partial charge is 0.494 e. The van der Waals surface area contributed by atoms with Gasteiger partial charge in [-0.2, -0.15) is 0 Å². The molecule has 2 heterocycles. The molecule has 0 fully saturated rings. The van der Waals surface area contributed by atoms with Gasteiger partial charge >= 0.3 is 0 Å². The molecule has 0 radical (unpaired) electrons. The van der Waals surface area contributed by atoms with Crippen LogP contribution in [0.3, 0.4) is 0 Å². The number of thiophene rings is 1. The van der Waals surface area contributed by atoms with Gasteiger partial charge in [0, 0.05) is 29.9 Å². The van der Waals surface area contributed by atoms with Crippen molar-refractivity contribution in [2.75, 3.05) is 19.8 Å². The van der Waals surface area contributed by atoms with Crippen molar-refractivity contribution < 1.29 is 14.9 Å². The van der Waals surface area contributed by atoms with Crippen LogP contribution in [0.25, 0.3) is 20.2 Å². The number of benzene rings is 2. The van der Waals surface area contributed by atoms with Crippen molar-refractivity contribution in [1.82, 2.24) is 0 Å². The molecule has 0 unspecified atom stereocenters. The van der Waals surface area contributed by atoms with Gasteiger partial charge in [-0.1, -0.05) is 6.07 Å². The summed E-state index contributed by atoms with van der Waals surface area (Å²) in [6.45, 7) is 2.19. The Balaban J connectivity index is 1.48. The first kappa shape index (κ1) is 23.9. The summed E-state index contributed by atoms with van der Waals surface area (Å²) in [5.74, 6) is 0.781. The van der Waals surface area contributed by atoms with Crippen LogP contribution in [0.2, 0.25) is 0 Å². The number of ether oxygens (including phenoxy) is 1. The van der Waals surface area contributed by atoms with Gasteiger partial charge in [0.15, 0.2) is 5.43 Å². The molecule has 0 aliphatic carbocycles. The van der Waals surface area contributed by atoms with Crippen LogP contribution in [-0.2, 0) is 12.8 Å². The molecule has 174 valence electrons. The van der Waals surface area contributed by atoms with Gasteiger partial charge < -0.3 is 20.7 Å². The zero-order chi connectivity index (χ0) is 23.4. The van der Waals surface area contributed by atoms with E-state index in [9.17, 15) is 15.0 Å². The average molecular weight is 484 g/mol. The summed E-state index contributed by atoms with van der Waals surface area (Å²) in [6, 6.07) is 15.8. The maximum absolute atomic E-state index is 13.1. The van der Waals surface area contributed by atoms with Crippen molar-refractivity contribution >= 4 is 42.8 Å². The average Bonchev–Trinajstić information content (AvgIpc) is 3.25. The first-order valence-electron chi connectivity index (χ1n) is 11.1. The predicted molar refractivity (Wildman–Crippen MR) is 138 cm³/mol. The van der Waals surface area contributed by atoms with Gasteiger partial charge in [-0.3, -0.25) is 4.79 Å². The van der Waals surface area contributed by atoms with Crippen molar-refractivity contribution in [3.63, 3.8) is 0 Å². The molecule has 33 heavy (non-hydrogen) atoms.